The molecule has 0 spiro atoms. The van der Waals surface area contributed by atoms with Crippen molar-refractivity contribution in [1.82, 2.24) is 5.32 Å². The first kappa shape index (κ1) is 13.6. The van der Waals surface area contributed by atoms with Crippen molar-refractivity contribution in [3.05, 3.63) is 29.3 Å². The van der Waals surface area contributed by atoms with E-state index in [2.05, 4.69) is 22.8 Å². The van der Waals surface area contributed by atoms with Crippen LogP contribution in [0.2, 0.25) is 0 Å². The highest BCUT2D eigenvalue weighted by molar-refractivity contribution is 5.90. The summed E-state index contributed by atoms with van der Waals surface area (Å²) >= 11 is 0. The maximum Gasteiger partial charge on any atom is 0.224 e. The molecule has 108 valence electrons. The Balaban J connectivity index is 1.48. The molecule has 1 aliphatic heterocycles. The Morgan fingerprint density at radius 1 is 1.20 bits per heavy atom. The van der Waals surface area contributed by atoms with Crippen LogP contribution in [0.15, 0.2) is 18.2 Å². The lowest BCUT2D eigenvalue weighted by atomic mass is 10.0. The molecule has 3 rings (SSSR count). The van der Waals surface area contributed by atoms with Crippen LogP contribution in [0.4, 0.5) is 5.69 Å². The van der Waals surface area contributed by atoms with Crippen molar-refractivity contribution < 1.29 is 4.79 Å². The zero-order valence-corrected chi connectivity index (χ0v) is 12.1. The van der Waals surface area contributed by atoms with E-state index >= 15 is 0 Å². The van der Waals surface area contributed by atoms with E-state index in [4.69, 9.17) is 0 Å². The zero-order chi connectivity index (χ0) is 13.8. The topological polar surface area (TPSA) is 41.1 Å². The van der Waals surface area contributed by atoms with E-state index in [0.717, 1.165) is 25.1 Å². The first-order chi connectivity index (χ1) is 9.81. The van der Waals surface area contributed by atoms with Crippen LogP contribution < -0.4 is 10.6 Å². The highest BCUT2D eigenvalue weighted by Crippen LogP contribution is 2.25. The molecule has 2 N–H and O–H groups in total. The smallest absolute Gasteiger partial charge is 0.224 e. The zero-order valence-electron chi connectivity index (χ0n) is 12.1. The lowest BCUT2D eigenvalue weighted by Gasteiger charge is -2.23. The number of hydrogen-bond donors (Lipinski definition) is 2. The Kier molecular flexibility index (Phi) is 4.36. The average molecular weight is 272 g/mol. The molecule has 1 aromatic rings. The first-order valence-electron chi connectivity index (χ1n) is 7.96. The molecule has 0 aromatic heterocycles. The number of carbonyl (C=O) groups excluding carboxylic acids is 1. The predicted octanol–water partition coefficient (Wildman–Crippen LogP) is 3.04. The second kappa shape index (κ2) is 6.40. The number of fused-ring (bicyclic) bond motifs is 1. The Labute approximate surface area is 121 Å². The molecule has 3 nitrogen and oxygen atoms in total. The highest BCUT2D eigenvalue weighted by atomic mass is 16.1. The number of hydrogen-bond acceptors (Lipinski definition) is 2. The van der Waals surface area contributed by atoms with Gasteiger partial charge in [-0.3, -0.25) is 4.79 Å². The van der Waals surface area contributed by atoms with Crippen molar-refractivity contribution in [3.8, 4) is 0 Å². The van der Waals surface area contributed by atoms with Crippen LogP contribution in [0.25, 0.3) is 0 Å². The Hall–Kier alpha value is -1.35. The third kappa shape index (κ3) is 3.40. The van der Waals surface area contributed by atoms with E-state index in [1.807, 2.05) is 6.07 Å². The van der Waals surface area contributed by atoms with Gasteiger partial charge in [-0.25, -0.2) is 0 Å². The SMILES string of the molecule is O=C(CCC1CCCCN1)Nc1ccc2c(c1)CCC2. The summed E-state index contributed by atoms with van der Waals surface area (Å²) < 4.78 is 0. The molecule has 3 heteroatoms. The van der Waals surface area contributed by atoms with E-state index in [9.17, 15) is 4.79 Å². The fourth-order valence-electron chi connectivity index (χ4n) is 3.35. The standard InChI is InChI=1S/C17H24N2O/c20-17(10-9-15-6-1-2-11-18-15)19-16-8-7-13-4-3-5-14(13)12-16/h7-8,12,15,18H,1-6,9-11H2,(H,19,20). The number of piperidine rings is 1. The fourth-order valence-corrected chi connectivity index (χ4v) is 3.35. The molecule has 1 fully saturated rings. The summed E-state index contributed by atoms with van der Waals surface area (Å²) in [6, 6.07) is 6.90. The second-order valence-corrected chi connectivity index (χ2v) is 6.07. The summed E-state index contributed by atoms with van der Waals surface area (Å²) in [4.78, 5) is 12.0. The van der Waals surface area contributed by atoms with Gasteiger partial charge in [-0.05, 0) is 68.3 Å². The van der Waals surface area contributed by atoms with Crippen molar-refractivity contribution in [2.75, 3.05) is 11.9 Å². The van der Waals surface area contributed by atoms with Crippen molar-refractivity contribution in [1.29, 1.82) is 0 Å². The fraction of sp³-hybridized carbons (Fsp3) is 0.588. The van der Waals surface area contributed by atoms with Crippen LogP contribution in [0.3, 0.4) is 0 Å². The summed E-state index contributed by atoms with van der Waals surface area (Å²) in [6.07, 6.45) is 8.96. The summed E-state index contributed by atoms with van der Waals surface area (Å²) in [5, 5.41) is 6.54. The number of rotatable bonds is 4. The largest absolute Gasteiger partial charge is 0.326 e. The van der Waals surface area contributed by atoms with E-state index < -0.39 is 0 Å². The number of amides is 1. The minimum Gasteiger partial charge on any atom is -0.326 e. The number of carbonyl (C=O) groups is 1. The first-order valence-corrected chi connectivity index (χ1v) is 7.96. The maximum atomic E-state index is 12.0. The second-order valence-electron chi connectivity index (χ2n) is 6.07. The van der Waals surface area contributed by atoms with Crippen molar-refractivity contribution in [3.63, 3.8) is 0 Å². The molecular formula is C17H24N2O. The van der Waals surface area contributed by atoms with Gasteiger partial charge >= 0.3 is 0 Å². The number of nitrogens with one attached hydrogen (secondary N) is 2. The minimum atomic E-state index is 0.148. The third-order valence-electron chi connectivity index (χ3n) is 4.51. The molecule has 1 aromatic carbocycles. The van der Waals surface area contributed by atoms with Gasteiger partial charge in [0.25, 0.3) is 0 Å². The normalized spacial score (nSPS) is 21.5. The third-order valence-corrected chi connectivity index (χ3v) is 4.51. The van der Waals surface area contributed by atoms with E-state index in [1.165, 1.54) is 43.2 Å². The van der Waals surface area contributed by atoms with Crippen molar-refractivity contribution in [2.24, 2.45) is 0 Å². The number of benzene rings is 1. The van der Waals surface area contributed by atoms with Gasteiger partial charge in [-0.15, -0.1) is 0 Å². The summed E-state index contributed by atoms with van der Waals surface area (Å²) in [6.45, 7) is 1.11. The quantitative estimate of drug-likeness (QED) is 0.884. The molecule has 1 heterocycles. The van der Waals surface area contributed by atoms with Gasteiger partial charge in [0.15, 0.2) is 0 Å². The van der Waals surface area contributed by atoms with Gasteiger partial charge in [0, 0.05) is 18.2 Å². The van der Waals surface area contributed by atoms with Crippen LogP contribution >= 0.6 is 0 Å². The molecule has 0 saturated carbocycles. The Bertz CT molecular complexity index is 478. The molecule has 0 bridgehead atoms. The molecular weight excluding hydrogens is 248 g/mol. The van der Waals surface area contributed by atoms with Crippen LogP contribution in [0.1, 0.15) is 49.7 Å². The minimum absolute atomic E-state index is 0.148. The number of aryl methyl sites for hydroxylation is 2. The molecule has 1 aliphatic carbocycles. The predicted molar refractivity (Wildman–Crippen MR) is 82.0 cm³/mol. The van der Waals surface area contributed by atoms with Gasteiger partial charge < -0.3 is 10.6 Å². The summed E-state index contributed by atoms with van der Waals surface area (Å²) in [7, 11) is 0. The van der Waals surface area contributed by atoms with Crippen molar-refractivity contribution in [2.45, 2.75) is 57.4 Å². The van der Waals surface area contributed by atoms with E-state index in [-0.39, 0.29) is 5.91 Å². The van der Waals surface area contributed by atoms with Gasteiger partial charge in [-0.2, -0.15) is 0 Å². The highest BCUT2D eigenvalue weighted by Gasteiger charge is 2.15. The van der Waals surface area contributed by atoms with Crippen LogP contribution in [0, 0.1) is 0 Å². The van der Waals surface area contributed by atoms with E-state index in [1.54, 1.807) is 0 Å². The molecule has 1 atom stereocenters. The molecule has 1 unspecified atom stereocenters. The lowest BCUT2D eigenvalue weighted by molar-refractivity contribution is -0.116. The average Bonchev–Trinajstić information content (AvgIpc) is 2.94. The van der Waals surface area contributed by atoms with Gasteiger partial charge in [0.1, 0.15) is 0 Å². The number of anilines is 1. The molecule has 2 aliphatic rings. The molecule has 0 radical (unpaired) electrons. The van der Waals surface area contributed by atoms with Crippen LogP contribution in [0.5, 0.6) is 0 Å². The molecule has 1 saturated heterocycles. The molecule has 1 amide bonds. The maximum absolute atomic E-state index is 12.0. The van der Waals surface area contributed by atoms with Gasteiger partial charge in [0.05, 0.1) is 0 Å². The van der Waals surface area contributed by atoms with E-state index in [0.29, 0.717) is 12.5 Å². The summed E-state index contributed by atoms with van der Waals surface area (Å²) in [5.74, 6) is 0.148. The van der Waals surface area contributed by atoms with Gasteiger partial charge in [-0.1, -0.05) is 12.5 Å². The Morgan fingerprint density at radius 3 is 2.95 bits per heavy atom. The van der Waals surface area contributed by atoms with Crippen molar-refractivity contribution >= 4 is 11.6 Å². The van der Waals surface area contributed by atoms with Gasteiger partial charge in [0.2, 0.25) is 5.91 Å². The molecule has 20 heavy (non-hydrogen) atoms. The van der Waals surface area contributed by atoms with Crippen LogP contribution in [-0.4, -0.2) is 18.5 Å². The van der Waals surface area contributed by atoms with Crippen LogP contribution in [-0.2, 0) is 17.6 Å². The monoisotopic (exact) mass is 272 g/mol. The summed E-state index contributed by atoms with van der Waals surface area (Å²) in [5.41, 5.74) is 3.83. The Morgan fingerprint density at radius 2 is 2.10 bits per heavy atom. The lowest BCUT2D eigenvalue weighted by Crippen LogP contribution is -2.34.